The Bertz CT molecular complexity index is 570. The van der Waals surface area contributed by atoms with Crippen molar-refractivity contribution in [3.63, 3.8) is 0 Å². The van der Waals surface area contributed by atoms with Crippen LogP contribution < -0.4 is 5.32 Å². The Morgan fingerprint density at radius 1 is 1.40 bits per heavy atom. The third-order valence-electron chi connectivity index (χ3n) is 3.48. The molecule has 0 bridgehead atoms. The normalized spacial score (nSPS) is 22.3. The predicted molar refractivity (Wildman–Crippen MR) is 69.7 cm³/mol. The van der Waals surface area contributed by atoms with Gasteiger partial charge >= 0.3 is 0 Å². The number of ether oxygens (including phenoxy) is 1. The lowest BCUT2D eigenvalue weighted by Crippen LogP contribution is -2.16. The van der Waals surface area contributed by atoms with Crippen LogP contribution in [0.15, 0.2) is 28.8 Å². The summed E-state index contributed by atoms with van der Waals surface area (Å²) in [7, 11) is 1.70. The van der Waals surface area contributed by atoms with E-state index in [1.807, 2.05) is 0 Å². The Balaban J connectivity index is 1.66. The van der Waals surface area contributed by atoms with Gasteiger partial charge in [0.2, 0.25) is 5.89 Å². The van der Waals surface area contributed by atoms with Crippen molar-refractivity contribution in [3.05, 3.63) is 47.4 Å². The number of halogens is 1. The van der Waals surface area contributed by atoms with Crippen LogP contribution in [0.4, 0.5) is 4.39 Å². The molecule has 1 aromatic heterocycles. The van der Waals surface area contributed by atoms with E-state index in [1.165, 1.54) is 12.1 Å². The molecule has 20 heavy (non-hydrogen) atoms. The first-order valence-corrected chi connectivity index (χ1v) is 6.57. The summed E-state index contributed by atoms with van der Waals surface area (Å²) in [5, 5.41) is 7.26. The summed E-state index contributed by atoms with van der Waals surface area (Å²) in [4.78, 5) is 4.39. The SMILES string of the molecule is COC1CNC(c2nc(Cc3ccc(F)cc3)no2)C1. The van der Waals surface area contributed by atoms with Gasteiger partial charge in [-0.2, -0.15) is 4.98 Å². The van der Waals surface area contributed by atoms with E-state index >= 15 is 0 Å². The zero-order valence-electron chi connectivity index (χ0n) is 11.2. The molecule has 2 aromatic rings. The molecule has 2 unspecified atom stereocenters. The van der Waals surface area contributed by atoms with Crippen molar-refractivity contribution < 1.29 is 13.7 Å². The lowest BCUT2D eigenvalue weighted by atomic mass is 10.1. The predicted octanol–water partition coefficient (Wildman–Crippen LogP) is 1.85. The van der Waals surface area contributed by atoms with Crippen molar-refractivity contribution in [1.29, 1.82) is 0 Å². The molecule has 1 aliphatic rings. The second-order valence-electron chi connectivity index (χ2n) is 4.91. The van der Waals surface area contributed by atoms with Gasteiger partial charge in [-0.1, -0.05) is 17.3 Å². The molecule has 1 aliphatic heterocycles. The van der Waals surface area contributed by atoms with Gasteiger partial charge in [0.25, 0.3) is 0 Å². The molecule has 2 atom stereocenters. The van der Waals surface area contributed by atoms with Crippen LogP contribution in [0.5, 0.6) is 0 Å². The summed E-state index contributed by atoms with van der Waals surface area (Å²) in [5.41, 5.74) is 0.952. The fourth-order valence-corrected chi connectivity index (χ4v) is 2.34. The van der Waals surface area contributed by atoms with Gasteiger partial charge in [0, 0.05) is 20.1 Å². The molecule has 1 saturated heterocycles. The number of rotatable bonds is 4. The Hall–Kier alpha value is -1.79. The molecular weight excluding hydrogens is 261 g/mol. The minimum atomic E-state index is -0.247. The fourth-order valence-electron chi connectivity index (χ4n) is 2.34. The van der Waals surface area contributed by atoms with Crippen molar-refractivity contribution in [2.45, 2.75) is 25.0 Å². The van der Waals surface area contributed by atoms with E-state index in [9.17, 15) is 4.39 Å². The van der Waals surface area contributed by atoms with Crippen molar-refractivity contribution in [1.82, 2.24) is 15.5 Å². The second-order valence-corrected chi connectivity index (χ2v) is 4.91. The number of benzene rings is 1. The van der Waals surface area contributed by atoms with Gasteiger partial charge in [0.1, 0.15) is 5.82 Å². The Labute approximate surface area is 116 Å². The van der Waals surface area contributed by atoms with Crippen molar-refractivity contribution in [2.75, 3.05) is 13.7 Å². The van der Waals surface area contributed by atoms with E-state index in [1.54, 1.807) is 19.2 Å². The highest BCUT2D eigenvalue weighted by atomic mass is 19.1. The summed E-state index contributed by atoms with van der Waals surface area (Å²) in [5.74, 6) is 0.944. The molecular formula is C14H16FN3O2. The third kappa shape index (κ3) is 2.86. The first-order valence-electron chi connectivity index (χ1n) is 6.57. The van der Waals surface area contributed by atoms with E-state index in [0.29, 0.717) is 18.1 Å². The molecule has 5 nitrogen and oxygen atoms in total. The van der Waals surface area contributed by atoms with Gasteiger partial charge in [-0.15, -0.1) is 0 Å². The van der Waals surface area contributed by atoms with Crippen LogP contribution >= 0.6 is 0 Å². The van der Waals surface area contributed by atoms with Gasteiger partial charge in [-0.25, -0.2) is 4.39 Å². The highest BCUT2D eigenvalue weighted by Gasteiger charge is 2.29. The first-order chi connectivity index (χ1) is 9.74. The van der Waals surface area contributed by atoms with Crippen LogP contribution in [0.3, 0.4) is 0 Å². The van der Waals surface area contributed by atoms with E-state index < -0.39 is 0 Å². The van der Waals surface area contributed by atoms with Crippen LogP contribution in [0.1, 0.15) is 29.7 Å². The molecule has 0 spiro atoms. The number of methoxy groups -OCH3 is 1. The molecule has 0 amide bonds. The molecule has 1 fully saturated rings. The highest BCUT2D eigenvalue weighted by Crippen LogP contribution is 2.23. The van der Waals surface area contributed by atoms with E-state index in [-0.39, 0.29) is 18.0 Å². The number of hydrogen-bond acceptors (Lipinski definition) is 5. The molecule has 106 valence electrons. The highest BCUT2D eigenvalue weighted by molar-refractivity contribution is 5.19. The minimum Gasteiger partial charge on any atom is -0.380 e. The van der Waals surface area contributed by atoms with Crippen molar-refractivity contribution in [3.8, 4) is 0 Å². The van der Waals surface area contributed by atoms with Gasteiger partial charge in [-0.3, -0.25) is 0 Å². The van der Waals surface area contributed by atoms with Crippen molar-refractivity contribution >= 4 is 0 Å². The fraction of sp³-hybridized carbons (Fsp3) is 0.429. The molecule has 1 aromatic carbocycles. The molecule has 6 heteroatoms. The van der Waals surface area contributed by atoms with Gasteiger partial charge in [-0.05, 0) is 24.1 Å². The summed E-state index contributed by atoms with van der Waals surface area (Å²) in [6.45, 7) is 0.789. The van der Waals surface area contributed by atoms with Gasteiger partial charge in [0.15, 0.2) is 5.82 Å². The quantitative estimate of drug-likeness (QED) is 0.924. The molecule has 3 rings (SSSR count). The zero-order valence-corrected chi connectivity index (χ0v) is 11.2. The Kier molecular flexibility index (Phi) is 3.75. The summed E-state index contributed by atoms with van der Waals surface area (Å²) < 4.78 is 23.4. The van der Waals surface area contributed by atoms with Crippen LogP contribution in [0.2, 0.25) is 0 Å². The third-order valence-corrected chi connectivity index (χ3v) is 3.48. The second kappa shape index (κ2) is 5.68. The average Bonchev–Trinajstić information content (AvgIpc) is 3.10. The van der Waals surface area contributed by atoms with E-state index in [2.05, 4.69) is 15.5 Å². The maximum atomic E-state index is 12.8. The first kappa shape index (κ1) is 13.2. The largest absolute Gasteiger partial charge is 0.380 e. The maximum Gasteiger partial charge on any atom is 0.243 e. The van der Waals surface area contributed by atoms with Crippen LogP contribution in [0.25, 0.3) is 0 Å². The smallest absolute Gasteiger partial charge is 0.243 e. The molecule has 1 N–H and O–H groups in total. The monoisotopic (exact) mass is 277 g/mol. The summed E-state index contributed by atoms with van der Waals surface area (Å²) >= 11 is 0. The van der Waals surface area contributed by atoms with Gasteiger partial charge in [0.05, 0.1) is 12.1 Å². The molecule has 2 heterocycles. The topological polar surface area (TPSA) is 60.2 Å². The number of nitrogens with zero attached hydrogens (tertiary/aromatic N) is 2. The van der Waals surface area contributed by atoms with E-state index in [4.69, 9.17) is 9.26 Å². The van der Waals surface area contributed by atoms with Crippen LogP contribution in [-0.2, 0) is 11.2 Å². The van der Waals surface area contributed by atoms with Crippen LogP contribution in [0, 0.1) is 5.82 Å². The summed E-state index contributed by atoms with van der Waals surface area (Å²) in [6, 6.07) is 6.35. The Morgan fingerprint density at radius 2 is 2.20 bits per heavy atom. The standard InChI is InChI=1S/C14H16FN3O2/c1-19-11-7-12(16-8-11)14-17-13(18-20-14)6-9-2-4-10(15)5-3-9/h2-5,11-12,16H,6-8H2,1H3. The minimum absolute atomic E-state index is 0.0504. The van der Waals surface area contributed by atoms with Crippen molar-refractivity contribution in [2.24, 2.45) is 0 Å². The van der Waals surface area contributed by atoms with Gasteiger partial charge < -0.3 is 14.6 Å². The van der Waals surface area contributed by atoms with Crippen LogP contribution in [-0.4, -0.2) is 29.9 Å². The Morgan fingerprint density at radius 3 is 2.90 bits per heavy atom. The lowest BCUT2D eigenvalue weighted by Gasteiger charge is -2.04. The number of aromatic nitrogens is 2. The average molecular weight is 277 g/mol. The number of nitrogens with one attached hydrogen (secondary N) is 1. The number of hydrogen-bond donors (Lipinski definition) is 1. The molecule has 0 saturated carbocycles. The molecule has 0 radical (unpaired) electrons. The lowest BCUT2D eigenvalue weighted by molar-refractivity contribution is 0.116. The molecule has 0 aliphatic carbocycles. The maximum absolute atomic E-state index is 12.8. The van der Waals surface area contributed by atoms with E-state index in [0.717, 1.165) is 18.5 Å². The summed E-state index contributed by atoms with van der Waals surface area (Å²) in [6.07, 6.45) is 1.55. The zero-order chi connectivity index (χ0) is 13.9.